The van der Waals surface area contributed by atoms with Gasteiger partial charge in [-0.2, -0.15) is 0 Å². The second-order valence-corrected chi connectivity index (χ2v) is 6.32. The van der Waals surface area contributed by atoms with E-state index in [-0.39, 0.29) is 5.91 Å². The summed E-state index contributed by atoms with van der Waals surface area (Å²) in [6.45, 7) is 5.64. The summed E-state index contributed by atoms with van der Waals surface area (Å²) in [5.41, 5.74) is 2.12. The van der Waals surface area contributed by atoms with Gasteiger partial charge in [-0.15, -0.1) is 0 Å². The van der Waals surface area contributed by atoms with Gasteiger partial charge < -0.3 is 19.3 Å². The lowest BCUT2D eigenvalue weighted by Gasteiger charge is -2.35. The summed E-state index contributed by atoms with van der Waals surface area (Å²) in [6, 6.07) is 16.0. The molecule has 0 N–H and O–H groups in total. The number of rotatable bonds is 6. The monoisotopic (exact) mass is 366 g/mol. The number of ether oxygens (including phenoxy) is 2. The Balaban J connectivity index is 1.58. The second-order valence-electron chi connectivity index (χ2n) is 6.32. The Bertz CT molecular complexity index is 781. The number of anilines is 1. The zero-order chi connectivity index (χ0) is 19.1. The van der Waals surface area contributed by atoms with Gasteiger partial charge in [-0.05, 0) is 42.8 Å². The van der Waals surface area contributed by atoms with Crippen molar-refractivity contribution < 1.29 is 14.3 Å². The van der Waals surface area contributed by atoms with Gasteiger partial charge in [0.2, 0.25) is 5.91 Å². The van der Waals surface area contributed by atoms with Gasteiger partial charge in [0, 0.05) is 37.9 Å². The summed E-state index contributed by atoms with van der Waals surface area (Å²) in [5.74, 6) is 1.42. The maximum Gasteiger partial charge on any atom is 0.246 e. The van der Waals surface area contributed by atoms with Gasteiger partial charge in [0.05, 0.1) is 13.7 Å². The van der Waals surface area contributed by atoms with Gasteiger partial charge in [-0.25, -0.2) is 0 Å². The average molecular weight is 366 g/mol. The van der Waals surface area contributed by atoms with E-state index in [1.165, 1.54) is 5.69 Å². The van der Waals surface area contributed by atoms with Crippen molar-refractivity contribution in [1.82, 2.24) is 4.90 Å². The lowest BCUT2D eigenvalue weighted by Crippen LogP contribution is -2.48. The first-order valence-corrected chi connectivity index (χ1v) is 9.29. The van der Waals surface area contributed by atoms with E-state index in [1.54, 1.807) is 13.2 Å². The molecule has 2 aromatic carbocycles. The topological polar surface area (TPSA) is 42.0 Å². The van der Waals surface area contributed by atoms with Gasteiger partial charge in [-0.1, -0.05) is 24.3 Å². The highest BCUT2D eigenvalue weighted by atomic mass is 16.5. The van der Waals surface area contributed by atoms with Gasteiger partial charge in [0.15, 0.2) is 11.5 Å². The summed E-state index contributed by atoms with van der Waals surface area (Å²) in [5, 5.41) is 0. The number of carbonyl (C=O) groups is 1. The summed E-state index contributed by atoms with van der Waals surface area (Å²) in [6.07, 6.45) is 3.46. The molecule has 2 aromatic rings. The second kappa shape index (κ2) is 9.12. The van der Waals surface area contributed by atoms with Crippen LogP contribution in [-0.4, -0.2) is 50.7 Å². The molecule has 5 nitrogen and oxygen atoms in total. The van der Waals surface area contributed by atoms with Crippen molar-refractivity contribution in [1.29, 1.82) is 0 Å². The van der Waals surface area contributed by atoms with Crippen LogP contribution in [0.25, 0.3) is 6.08 Å². The maximum atomic E-state index is 12.5. The number of carbonyl (C=O) groups excluding carboxylic acids is 1. The van der Waals surface area contributed by atoms with E-state index in [9.17, 15) is 4.79 Å². The van der Waals surface area contributed by atoms with Crippen LogP contribution in [-0.2, 0) is 4.79 Å². The number of nitrogens with zero attached hydrogens (tertiary/aromatic N) is 2. The molecule has 5 heteroatoms. The Morgan fingerprint density at radius 2 is 1.78 bits per heavy atom. The predicted octanol–water partition coefficient (Wildman–Crippen LogP) is 3.46. The van der Waals surface area contributed by atoms with Crippen LogP contribution in [0.2, 0.25) is 0 Å². The molecule has 1 saturated heterocycles. The molecule has 1 amide bonds. The first-order valence-electron chi connectivity index (χ1n) is 9.29. The molecule has 0 unspecified atom stereocenters. The molecule has 3 rings (SSSR count). The molecule has 27 heavy (non-hydrogen) atoms. The third kappa shape index (κ3) is 4.82. The zero-order valence-corrected chi connectivity index (χ0v) is 15.9. The van der Waals surface area contributed by atoms with E-state index in [2.05, 4.69) is 17.0 Å². The van der Waals surface area contributed by atoms with Crippen molar-refractivity contribution >= 4 is 17.7 Å². The third-order valence-corrected chi connectivity index (χ3v) is 4.62. The molecule has 0 bridgehead atoms. The SMILES string of the molecule is CCOc1cc(C=CC(=O)N2CCN(c3ccccc3)CC2)ccc1OC. The normalized spacial score (nSPS) is 14.4. The number of piperazine rings is 1. The predicted molar refractivity (Wildman–Crippen MR) is 108 cm³/mol. The first-order chi connectivity index (χ1) is 13.2. The van der Waals surface area contributed by atoms with E-state index in [0.717, 1.165) is 31.7 Å². The first kappa shape index (κ1) is 18.8. The lowest BCUT2D eigenvalue weighted by molar-refractivity contribution is -0.126. The standard InChI is InChI=1S/C22H26N2O3/c1-3-27-21-17-18(9-11-20(21)26-2)10-12-22(25)24-15-13-23(14-16-24)19-7-5-4-6-8-19/h4-12,17H,3,13-16H2,1-2H3. The summed E-state index contributed by atoms with van der Waals surface area (Å²) < 4.78 is 10.9. The highest BCUT2D eigenvalue weighted by Crippen LogP contribution is 2.28. The Morgan fingerprint density at radius 1 is 1.04 bits per heavy atom. The van der Waals surface area contributed by atoms with Crippen LogP contribution >= 0.6 is 0 Å². The lowest BCUT2D eigenvalue weighted by atomic mass is 10.1. The van der Waals surface area contributed by atoms with E-state index in [4.69, 9.17) is 9.47 Å². The quantitative estimate of drug-likeness (QED) is 0.735. The fraction of sp³-hybridized carbons (Fsp3) is 0.318. The third-order valence-electron chi connectivity index (χ3n) is 4.62. The molecule has 0 radical (unpaired) electrons. The van der Waals surface area contributed by atoms with Crippen LogP contribution in [0.1, 0.15) is 12.5 Å². The minimum absolute atomic E-state index is 0.0384. The van der Waals surface area contributed by atoms with Gasteiger partial charge in [0.1, 0.15) is 0 Å². The minimum atomic E-state index is 0.0384. The van der Waals surface area contributed by atoms with Crippen molar-refractivity contribution in [2.75, 3.05) is 44.8 Å². The van der Waals surface area contributed by atoms with Crippen molar-refractivity contribution in [3.8, 4) is 11.5 Å². The number of benzene rings is 2. The largest absolute Gasteiger partial charge is 0.493 e. The fourth-order valence-corrected chi connectivity index (χ4v) is 3.16. The van der Waals surface area contributed by atoms with Crippen LogP contribution in [0.15, 0.2) is 54.6 Å². The van der Waals surface area contributed by atoms with Crippen molar-refractivity contribution in [2.24, 2.45) is 0 Å². The number of methoxy groups -OCH3 is 1. The Morgan fingerprint density at radius 3 is 2.44 bits per heavy atom. The summed E-state index contributed by atoms with van der Waals surface area (Å²) in [7, 11) is 1.62. The van der Waals surface area contributed by atoms with E-state index in [0.29, 0.717) is 18.1 Å². The molecular weight excluding hydrogens is 340 g/mol. The van der Waals surface area contributed by atoms with Crippen LogP contribution in [0.3, 0.4) is 0 Å². The zero-order valence-electron chi connectivity index (χ0n) is 15.9. The van der Waals surface area contributed by atoms with E-state index >= 15 is 0 Å². The molecule has 142 valence electrons. The molecule has 0 aliphatic carbocycles. The molecule has 1 aliphatic rings. The Labute approximate surface area is 160 Å². The number of para-hydroxylation sites is 1. The van der Waals surface area contributed by atoms with E-state index < -0.39 is 0 Å². The highest BCUT2D eigenvalue weighted by Gasteiger charge is 2.19. The van der Waals surface area contributed by atoms with Crippen LogP contribution < -0.4 is 14.4 Å². The van der Waals surface area contributed by atoms with Crippen molar-refractivity contribution in [3.05, 3.63) is 60.2 Å². The Hall–Kier alpha value is -2.95. The molecule has 1 aliphatic heterocycles. The fourth-order valence-electron chi connectivity index (χ4n) is 3.16. The smallest absolute Gasteiger partial charge is 0.246 e. The minimum Gasteiger partial charge on any atom is -0.493 e. The van der Waals surface area contributed by atoms with Crippen LogP contribution in [0.4, 0.5) is 5.69 Å². The summed E-state index contributed by atoms with van der Waals surface area (Å²) in [4.78, 5) is 16.7. The van der Waals surface area contributed by atoms with Gasteiger partial charge >= 0.3 is 0 Å². The molecule has 0 spiro atoms. The summed E-state index contributed by atoms with van der Waals surface area (Å²) >= 11 is 0. The highest BCUT2D eigenvalue weighted by molar-refractivity contribution is 5.92. The van der Waals surface area contributed by atoms with E-state index in [1.807, 2.05) is 54.3 Å². The maximum absolute atomic E-state index is 12.5. The van der Waals surface area contributed by atoms with Crippen LogP contribution in [0, 0.1) is 0 Å². The molecule has 0 atom stereocenters. The number of amides is 1. The van der Waals surface area contributed by atoms with Crippen molar-refractivity contribution in [2.45, 2.75) is 6.92 Å². The Kier molecular flexibility index (Phi) is 6.36. The average Bonchev–Trinajstić information content (AvgIpc) is 2.73. The van der Waals surface area contributed by atoms with Gasteiger partial charge in [-0.3, -0.25) is 4.79 Å². The molecule has 0 saturated carbocycles. The molecule has 1 fully saturated rings. The molecular formula is C22H26N2O3. The van der Waals surface area contributed by atoms with Crippen LogP contribution in [0.5, 0.6) is 11.5 Å². The number of hydrogen-bond donors (Lipinski definition) is 0. The van der Waals surface area contributed by atoms with Gasteiger partial charge in [0.25, 0.3) is 0 Å². The molecule has 1 heterocycles. The molecule has 0 aromatic heterocycles. The number of hydrogen-bond acceptors (Lipinski definition) is 4. The van der Waals surface area contributed by atoms with Crippen molar-refractivity contribution in [3.63, 3.8) is 0 Å².